The number of hydrogen-bond acceptors (Lipinski definition) is 3. The Morgan fingerprint density at radius 1 is 1.04 bits per heavy atom. The average Bonchev–Trinajstić information content (AvgIpc) is 3.08. The van der Waals surface area contributed by atoms with Gasteiger partial charge >= 0.3 is 0 Å². The SMILES string of the molecule is CCOc1ccc(-n2c(=S)[nH]c3c(-c4ccccc4)c[nH]c3c2=O)cc1. The van der Waals surface area contributed by atoms with Crippen LogP contribution in [-0.4, -0.2) is 21.1 Å². The summed E-state index contributed by atoms with van der Waals surface area (Å²) in [6, 6.07) is 17.2. The molecule has 4 rings (SSSR count). The predicted molar refractivity (Wildman–Crippen MR) is 106 cm³/mol. The van der Waals surface area contributed by atoms with Gasteiger partial charge in [0.2, 0.25) is 0 Å². The van der Waals surface area contributed by atoms with E-state index in [1.165, 1.54) is 4.57 Å². The van der Waals surface area contributed by atoms with Gasteiger partial charge in [0, 0.05) is 11.8 Å². The van der Waals surface area contributed by atoms with Crippen LogP contribution in [0, 0.1) is 4.77 Å². The van der Waals surface area contributed by atoms with Gasteiger partial charge in [0.25, 0.3) is 5.56 Å². The van der Waals surface area contributed by atoms with Crippen LogP contribution in [0.15, 0.2) is 65.6 Å². The summed E-state index contributed by atoms with van der Waals surface area (Å²) in [5, 5.41) is 0. The van der Waals surface area contributed by atoms with Gasteiger partial charge in [-0.25, -0.2) is 0 Å². The van der Waals surface area contributed by atoms with Gasteiger partial charge in [0.1, 0.15) is 11.3 Å². The Balaban J connectivity index is 1.88. The second-order valence-corrected chi connectivity index (χ2v) is 6.20. The molecule has 0 unspecified atom stereocenters. The number of aromatic nitrogens is 3. The third-order valence-corrected chi connectivity index (χ3v) is 4.51. The van der Waals surface area contributed by atoms with Crippen LogP contribution >= 0.6 is 12.2 Å². The lowest BCUT2D eigenvalue weighted by atomic mass is 10.1. The predicted octanol–water partition coefficient (Wildman–Crippen LogP) is 4.44. The van der Waals surface area contributed by atoms with Gasteiger partial charge in [-0.05, 0) is 49.0 Å². The fourth-order valence-corrected chi connectivity index (χ4v) is 3.32. The van der Waals surface area contributed by atoms with E-state index in [9.17, 15) is 4.79 Å². The van der Waals surface area contributed by atoms with E-state index in [1.807, 2.05) is 67.7 Å². The number of benzene rings is 2. The molecule has 4 aromatic rings. The summed E-state index contributed by atoms with van der Waals surface area (Å²) in [6.45, 7) is 2.52. The van der Waals surface area contributed by atoms with E-state index < -0.39 is 0 Å². The Bertz CT molecular complexity index is 1170. The fraction of sp³-hybridized carbons (Fsp3) is 0.100. The van der Waals surface area contributed by atoms with Crippen LogP contribution in [0.3, 0.4) is 0 Å². The summed E-state index contributed by atoms with van der Waals surface area (Å²) in [7, 11) is 0. The van der Waals surface area contributed by atoms with Gasteiger partial charge < -0.3 is 14.7 Å². The molecule has 0 spiro atoms. The number of aromatic amines is 2. The summed E-state index contributed by atoms with van der Waals surface area (Å²) in [5.41, 5.74) is 3.65. The largest absolute Gasteiger partial charge is 0.494 e. The van der Waals surface area contributed by atoms with Crippen molar-refractivity contribution in [3.8, 4) is 22.6 Å². The zero-order chi connectivity index (χ0) is 18.1. The minimum absolute atomic E-state index is 0.185. The molecule has 2 aromatic heterocycles. The number of ether oxygens (including phenoxy) is 1. The number of hydrogen-bond donors (Lipinski definition) is 2. The Morgan fingerprint density at radius 2 is 1.77 bits per heavy atom. The van der Waals surface area contributed by atoms with Crippen LogP contribution in [0.1, 0.15) is 6.92 Å². The number of nitrogens with one attached hydrogen (secondary N) is 2. The number of rotatable bonds is 4. The zero-order valence-electron chi connectivity index (χ0n) is 14.2. The lowest BCUT2D eigenvalue weighted by Gasteiger charge is -2.09. The molecule has 0 saturated heterocycles. The highest BCUT2D eigenvalue weighted by Crippen LogP contribution is 2.26. The number of nitrogens with zero attached hydrogens (tertiary/aromatic N) is 1. The van der Waals surface area contributed by atoms with Crippen LogP contribution in [0.2, 0.25) is 0 Å². The molecule has 0 aliphatic heterocycles. The Labute approximate surface area is 154 Å². The van der Waals surface area contributed by atoms with Crippen molar-refractivity contribution in [1.82, 2.24) is 14.5 Å². The summed E-state index contributed by atoms with van der Waals surface area (Å²) in [6.07, 6.45) is 1.83. The van der Waals surface area contributed by atoms with E-state index in [0.29, 0.717) is 28.1 Å². The molecule has 0 saturated carbocycles. The molecule has 6 heteroatoms. The zero-order valence-corrected chi connectivity index (χ0v) is 15.0. The second-order valence-electron chi connectivity index (χ2n) is 5.82. The highest BCUT2D eigenvalue weighted by molar-refractivity contribution is 7.71. The van der Waals surface area contributed by atoms with Crippen molar-refractivity contribution in [2.45, 2.75) is 6.92 Å². The van der Waals surface area contributed by atoms with Gasteiger partial charge in [-0.1, -0.05) is 30.3 Å². The molecule has 0 radical (unpaired) electrons. The average molecular weight is 363 g/mol. The molecule has 130 valence electrons. The molecule has 26 heavy (non-hydrogen) atoms. The molecule has 0 bridgehead atoms. The monoisotopic (exact) mass is 363 g/mol. The van der Waals surface area contributed by atoms with Crippen LogP contribution in [0.25, 0.3) is 27.8 Å². The third-order valence-electron chi connectivity index (χ3n) is 4.22. The Kier molecular flexibility index (Phi) is 4.18. The molecule has 0 atom stereocenters. The molecule has 0 aliphatic rings. The number of fused-ring (bicyclic) bond motifs is 1. The van der Waals surface area contributed by atoms with Crippen molar-refractivity contribution in [1.29, 1.82) is 0 Å². The van der Waals surface area contributed by atoms with Crippen molar-refractivity contribution < 1.29 is 4.74 Å². The van der Waals surface area contributed by atoms with E-state index >= 15 is 0 Å². The summed E-state index contributed by atoms with van der Waals surface area (Å²) in [4.78, 5) is 19.3. The minimum atomic E-state index is -0.185. The summed E-state index contributed by atoms with van der Waals surface area (Å²) < 4.78 is 7.29. The maximum absolute atomic E-state index is 13.0. The maximum Gasteiger partial charge on any atom is 0.283 e. The molecule has 2 aromatic carbocycles. The minimum Gasteiger partial charge on any atom is -0.494 e. The first-order valence-electron chi connectivity index (χ1n) is 8.34. The van der Waals surface area contributed by atoms with E-state index in [2.05, 4.69) is 9.97 Å². The highest BCUT2D eigenvalue weighted by atomic mass is 32.1. The smallest absolute Gasteiger partial charge is 0.283 e. The van der Waals surface area contributed by atoms with Crippen molar-refractivity contribution in [2.24, 2.45) is 0 Å². The van der Waals surface area contributed by atoms with E-state index in [0.717, 1.165) is 16.9 Å². The van der Waals surface area contributed by atoms with Crippen LogP contribution in [-0.2, 0) is 0 Å². The lowest BCUT2D eigenvalue weighted by molar-refractivity contribution is 0.340. The van der Waals surface area contributed by atoms with Gasteiger partial charge in [0.05, 0.1) is 17.8 Å². The summed E-state index contributed by atoms with van der Waals surface area (Å²) in [5.74, 6) is 0.756. The standard InChI is InChI=1S/C20H17N3O2S/c1-2-25-15-10-8-14(9-11-15)23-19(24)18-17(22-20(23)26)16(12-21-18)13-6-4-3-5-7-13/h3-12,21H,2H2,1H3,(H,22,26). The van der Waals surface area contributed by atoms with Crippen molar-refractivity contribution in [3.05, 3.63) is 75.9 Å². The molecule has 0 amide bonds. The fourth-order valence-electron chi connectivity index (χ4n) is 3.03. The topological polar surface area (TPSA) is 62.8 Å². The van der Waals surface area contributed by atoms with Crippen molar-refractivity contribution >= 4 is 23.3 Å². The summed E-state index contributed by atoms with van der Waals surface area (Å²) >= 11 is 5.47. The second kappa shape index (κ2) is 6.65. The Morgan fingerprint density at radius 3 is 2.46 bits per heavy atom. The molecule has 2 N–H and O–H groups in total. The van der Waals surface area contributed by atoms with Crippen LogP contribution < -0.4 is 10.3 Å². The normalized spacial score (nSPS) is 11.0. The quantitative estimate of drug-likeness (QED) is 0.527. The molecule has 5 nitrogen and oxygen atoms in total. The van der Waals surface area contributed by atoms with Gasteiger partial charge in [-0.15, -0.1) is 0 Å². The number of H-pyrrole nitrogens is 2. The Hall–Kier alpha value is -3.12. The van der Waals surface area contributed by atoms with Crippen LogP contribution in [0.4, 0.5) is 0 Å². The maximum atomic E-state index is 13.0. The van der Waals surface area contributed by atoms with Crippen LogP contribution in [0.5, 0.6) is 5.75 Å². The first-order valence-corrected chi connectivity index (χ1v) is 8.75. The molecule has 0 aliphatic carbocycles. The lowest BCUT2D eigenvalue weighted by Crippen LogP contribution is -2.20. The van der Waals surface area contributed by atoms with Gasteiger partial charge in [0.15, 0.2) is 4.77 Å². The third kappa shape index (κ3) is 2.74. The molecular formula is C20H17N3O2S. The van der Waals surface area contributed by atoms with Gasteiger partial charge in [-0.2, -0.15) is 0 Å². The van der Waals surface area contributed by atoms with E-state index in [1.54, 1.807) is 0 Å². The first-order chi connectivity index (χ1) is 12.7. The first kappa shape index (κ1) is 16.4. The molecule has 2 heterocycles. The highest BCUT2D eigenvalue weighted by Gasteiger charge is 2.13. The van der Waals surface area contributed by atoms with Crippen molar-refractivity contribution in [2.75, 3.05) is 6.61 Å². The van der Waals surface area contributed by atoms with Crippen molar-refractivity contribution in [3.63, 3.8) is 0 Å². The molecule has 0 fully saturated rings. The van der Waals surface area contributed by atoms with E-state index in [4.69, 9.17) is 17.0 Å². The van der Waals surface area contributed by atoms with E-state index in [-0.39, 0.29) is 5.56 Å². The van der Waals surface area contributed by atoms with Gasteiger partial charge in [-0.3, -0.25) is 9.36 Å². The molecular weight excluding hydrogens is 346 g/mol.